The van der Waals surface area contributed by atoms with E-state index in [0.29, 0.717) is 18.7 Å². The number of carbonyl (C=O) groups excluding carboxylic acids is 1. The molecule has 0 spiro atoms. The van der Waals surface area contributed by atoms with Gasteiger partial charge in [-0.1, -0.05) is 16.8 Å². The first kappa shape index (κ1) is 14.0. The van der Waals surface area contributed by atoms with Crippen LogP contribution in [0.15, 0.2) is 30.6 Å². The molecule has 110 valence electrons. The summed E-state index contributed by atoms with van der Waals surface area (Å²) in [5.41, 5.74) is 0.337. The fourth-order valence-electron chi connectivity index (χ4n) is 2.66. The van der Waals surface area contributed by atoms with Crippen molar-refractivity contribution in [1.29, 1.82) is 0 Å². The number of hydrogen-bond donors (Lipinski definition) is 0. The lowest BCUT2D eigenvalue weighted by Crippen LogP contribution is -2.38. The highest BCUT2D eigenvalue weighted by Gasteiger charge is 2.30. The van der Waals surface area contributed by atoms with Gasteiger partial charge in [0.05, 0.1) is 29.4 Å². The van der Waals surface area contributed by atoms with Gasteiger partial charge >= 0.3 is 0 Å². The Kier molecular flexibility index (Phi) is 3.88. The van der Waals surface area contributed by atoms with E-state index in [9.17, 15) is 9.18 Å². The molecule has 2 heterocycles. The van der Waals surface area contributed by atoms with Crippen molar-refractivity contribution in [3.63, 3.8) is 0 Å². The van der Waals surface area contributed by atoms with E-state index in [4.69, 9.17) is 11.6 Å². The van der Waals surface area contributed by atoms with E-state index in [2.05, 4.69) is 10.3 Å². The van der Waals surface area contributed by atoms with Crippen LogP contribution in [-0.2, 0) is 6.54 Å². The maximum atomic E-state index is 13.1. The van der Waals surface area contributed by atoms with Crippen LogP contribution in [0, 0.1) is 5.82 Å². The van der Waals surface area contributed by atoms with Gasteiger partial charge in [0.2, 0.25) is 0 Å². The van der Waals surface area contributed by atoms with Crippen LogP contribution in [0.3, 0.4) is 0 Å². The van der Waals surface area contributed by atoms with Gasteiger partial charge in [0.15, 0.2) is 0 Å². The summed E-state index contributed by atoms with van der Waals surface area (Å²) in [7, 11) is 0. The summed E-state index contributed by atoms with van der Waals surface area (Å²) in [5.74, 6) is -0.611. The number of nitrogens with zero attached hydrogens (tertiary/aromatic N) is 4. The molecule has 1 aliphatic rings. The number of aromatic nitrogens is 3. The molecule has 21 heavy (non-hydrogen) atoms. The number of rotatable bonds is 3. The van der Waals surface area contributed by atoms with Crippen LogP contribution < -0.4 is 0 Å². The van der Waals surface area contributed by atoms with E-state index in [1.807, 2.05) is 0 Å². The molecule has 1 aliphatic heterocycles. The second kappa shape index (κ2) is 5.81. The molecular formula is C14H14ClFN4O. The van der Waals surface area contributed by atoms with Gasteiger partial charge < -0.3 is 4.90 Å². The summed E-state index contributed by atoms with van der Waals surface area (Å²) >= 11 is 5.98. The predicted molar refractivity (Wildman–Crippen MR) is 75.5 cm³/mol. The number of benzene rings is 1. The molecular weight excluding hydrogens is 295 g/mol. The molecule has 1 saturated heterocycles. The molecule has 1 fully saturated rings. The quantitative estimate of drug-likeness (QED) is 0.875. The Labute approximate surface area is 126 Å². The number of carbonyl (C=O) groups is 1. The standard InChI is InChI=1S/C14H14ClFN4O/c15-13-8-10(16)3-4-12(13)14(21)20-6-1-2-11(20)9-19-7-5-17-18-19/h3-5,7-8,11H,1-2,6,9H2/t11-/m0/s1. The Morgan fingerprint density at radius 3 is 3.05 bits per heavy atom. The Bertz CT molecular complexity index is 646. The van der Waals surface area contributed by atoms with Crippen molar-refractivity contribution in [2.24, 2.45) is 0 Å². The van der Waals surface area contributed by atoms with Crippen LogP contribution in [0.5, 0.6) is 0 Å². The first-order chi connectivity index (χ1) is 10.1. The van der Waals surface area contributed by atoms with Gasteiger partial charge in [-0.2, -0.15) is 0 Å². The summed E-state index contributed by atoms with van der Waals surface area (Å²) in [6.07, 6.45) is 5.22. The Morgan fingerprint density at radius 1 is 1.48 bits per heavy atom. The fourth-order valence-corrected chi connectivity index (χ4v) is 2.90. The van der Waals surface area contributed by atoms with Gasteiger partial charge in [-0.25, -0.2) is 4.39 Å². The van der Waals surface area contributed by atoms with E-state index in [-0.39, 0.29) is 17.0 Å². The number of amides is 1. The molecule has 1 aromatic carbocycles. The molecule has 1 amide bonds. The second-order valence-electron chi connectivity index (χ2n) is 5.04. The van der Waals surface area contributed by atoms with E-state index < -0.39 is 5.82 Å². The number of halogens is 2. The average molecular weight is 309 g/mol. The Balaban J connectivity index is 1.79. The maximum Gasteiger partial charge on any atom is 0.255 e. The molecule has 2 aromatic rings. The third kappa shape index (κ3) is 2.90. The summed E-state index contributed by atoms with van der Waals surface area (Å²) in [6, 6.07) is 3.91. The van der Waals surface area contributed by atoms with E-state index in [0.717, 1.165) is 18.9 Å². The third-order valence-corrected chi connectivity index (χ3v) is 3.98. The molecule has 0 bridgehead atoms. The molecule has 7 heteroatoms. The molecule has 1 atom stereocenters. The Morgan fingerprint density at radius 2 is 2.33 bits per heavy atom. The SMILES string of the molecule is O=C(c1ccc(F)cc1Cl)N1CCC[C@H]1Cn1ccnn1. The molecule has 0 saturated carbocycles. The molecule has 5 nitrogen and oxygen atoms in total. The normalized spacial score (nSPS) is 18.2. The van der Waals surface area contributed by atoms with Crippen molar-refractivity contribution in [2.45, 2.75) is 25.4 Å². The summed E-state index contributed by atoms with van der Waals surface area (Å²) in [6.45, 7) is 1.27. The van der Waals surface area contributed by atoms with Crippen molar-refractivity contribution in [1.82, 2.24) is 19.9 Å². The van der Waals surface area contributed by atoms with Crippen LogP contribution in [0.2, 0.25) is 5.02 Å². The fraction of sp³-hybridized carbons (Fsp3) is 0.357. The zero-order valence-electron chi connectivity index (χ0n) is 11.2. The third-order valence-electron chi connectivity index (χ3n) is 3.67. The lowest BCUT2D eigenvalue weighted by molar-refractivity contribution is 0.0721. The van der Waals surface area contributed by atoms with Crippen LogP contribution in [0.1, 0.15) is 23.2 Å². The minimum Gasteiger partial charge on any atom is -0.334 e. The minimum atomic E-state index is -0.447. The van der Waals surface area contributed by atoms with Crippen LogP contribution in [0.4, 0.5) is 4.39 Å². The largest absolute Gasteiger partial charge is 0.334 e. The highest BCUT2D eigenvalue weighted by molar-refractivity contribution is 6.33. The second-order valence-corrected chi connectivity index (χ2v) is 5.45. The molecule has 3 rings (SSSR count). The smallest absolute Gasteiger partial charge is 0.255 e. The average Bonchev–Trinajstić information content (AvgIpc) is 3.10. The summed E-state index contributed by atoms with van der Waals surface area (Å²) in [4.78, 5) is 14.4. The van der Waals surface area contributed by atoms with E-state index in [1.165, 1.54) is 12.1 Å². The zero-order valence-corrected chi connectivity index (χ0v) is 12.0. The minimum absolute atomic E-state index is 0.0559. The molecule has 0 unspecified atom stereocenters. The van der Waals surface area contributed by atoms with Gasteiger partial charge in [-0.05, 0) is 31.0 Å². The van der Waals surface area contributed by atoms with Gasteiger partial charge in [-0.15, -0.1) is 5.10 Å². The highest BCUT2D eigenvalue weighted by atomic mass is 35.5. The van der Waals surface area contributed by atoms with Crippen molar-refractivity contribution in [3.8, 4) is 0 Å². The van der Waals surface area contributed by atoms with Gasteiger partial charge in [0.25, 0.3) is 5.91 Å². The first-order valence-electron chi connectivity index (χ1n) is 6.75. The van der Waals surface area contributed by atoms with Gasteiger partial charge in [0.1, 0.15) is 5.82 Å². The van der Waals surface area contributed by atoms with Crippen molar-refractivity contribution in [2.75, 3.05) is 6.54 Å². The Hall–Kier alpha value is -1.95. The zero-order chi connectivity index (χ0) is 14.8. The van der Waals surface area contributed by atoms with E-state index >= 15 is 0 Å². The topological polar surface area (TPSA) is 51.0 Å². The van der Waals surface area contributed by atoms with Gasteiger partial charge in [0, 0.05) is 12.7 Å². The molecule has 0 radical (unpaired) electrons. The molecule has 0 aliphatic carbocycles. The maximum absolute atomic E-state index is 13.1. The monoisotopic (exact) mass is 308 g/mol. The van der Waals surface area contributed by atoms with Crippen LogP contribution >= 0.6 is 11.6 Å². The van der Waals surface area contributed by atoms with Crippen molar-refractivity contribution >= 4 is 17.5 Å². The highest BCUT2D eigenvalue weighted by Crippen LogP contribution is 2.25. The predicted octanol–water partition coefficient (Wildman–Crippen LogP) is 2.38. The molecule has 0 N–H and O–H groups in total. The number of likely N-dealkylation sites (tertiary alicyclic amines) is 1. The summed E-state index contributed by atoms with van der Waals surface area (Å²) in [5, 5.41) is 7.84. The molecule has 1 aromatic heterocycles. The number of hydrogen-bond acceptors (Lipinski definition) is 3. The van der Waals surface area contributed by atoms with Crippen LogP contribution in [-0.4, -0.2) is 38.4 Å². The van der Waals surface area contributed by atoms with Crippen molar-refractivity contribution < 1.29 is 9.18 Å². The lowest BCUT2D eigenvalue weighted by atomic mass is 10.1. The van der Waals surface area contributed by atoms with Crippen molar-refractivity contribution in [3.05, 3.63) is 47.0 Å². The summed E-state index contributed by atoms with van der Waals surface area (Å²) < 4.78 is 14.8. The first-order valence-corrected chi connectivity index (χ1v) is 7.13. The lowest BCUT2D eigenvalue weighted by Gasteiger charge is -2.25. The van der Waals surface area contributed by atoms with Crippen LogP contribution in [0.25, 0.3) is 0 Å². The van der Waals surface area contributed by atoms with Gasteiger partial charge in [-0.3, -0.25) is 9.48 Å². The van der Waals surface area contributed by atoms with E-state index in [1.54, 1.807) is 22.0 Å².